The van der Waals surface area contributed by atoms with Crippen LogP contribution in [0.25, 0.3) is 11.2 Å². The molecule has 0 radical (unpaired) electrons. The second-order valence-corrected chi connectivity index (χ2v) is 10.7. The molecule has 0 unspecified atom stereocenters. The molecule has 11 nitrogen and oxygen atoms in total. The van der Waals surface area contributed by atoms with Crippen molar-refractivity contribution in [3.05, 3.63) is 54.0 Å². The van der Waals surface area contributed by atoms with E-state index in [4.69, 9.17) is 29.7 Å². The average molecular weight is 597 g/mol. The number of allylic oxidation sites excluding steroid dienone is 1. The maximum Gasteiger partial charge on any atom is 0.338 e. The van der Waals surface area contributed by atoms with Gasteiger partial charge in [-0.05, 0) is 44.1 Å². The number of rotatable bonds is 14. The Kier molecular flexibility index (Phi) is 11.4. The van der Waals surface area contributed by atoms with Gasteiger partial charge in [-0.15, -0.1) is 11.8 Å². The van der Waals surface area contributed by atoms with Crippen molar-refractivity contribution in [3.63, 3.8) is 0 Å². The number of fused-ring (bicyclic) bond motifs is 1. The van der Waals surface area contributed by atoms with Crippen molar-refractivity contribution in [2.24, 2.45) is 4.99 Å². The molecule has 3 N–H and O–H groups in total. The van der Waals surface area contributed by atoms with E-state index >= 15 is 0 Å². The van der Waals surface area contributed by atoms with Crippen LogP contribution >= 0.6 is 11.8 Å². The molecule has 4 rings (SSSR count). The zero-order valence-electron chi connectivity index (χ0n) is 24.7. The summed E-state index contributed by atoms with van der Waals surface area (Å²) < 4.78 is 23.5. The van der Waals surface area contributed by atoms with Crippen molar-refractivity contribution in [3.8, 4) is 0 Å². The number of nitrogens with one attached hydrogen (secondary N) is 1. The number of ether oxygens (including phenoxy) is 4. The van der Waals surface area contributed by atoms with E-state index in [-0.39, 0.29) is 18.5 Å². The topological polar surface area (TPSA) is 135 Å². The first-order valence-corrected chi connectivity index (χ1v) is 15.2. The minimum absolute atomic E-state index is 0.0724. The smallest absolute Gasteiger partial charge is 0.338 e. The highest BCUT2D eigenvalue weighted by Crippen LogP contribution is 2.44. The van der Waals surface area contributed by atoms with E-state index in [0.717, 1.165) is 27.4 Å². The number of benzene rings is 1. The molecule has 42 heavy (non-hydrogen) atoms. The van der Waals surface area contributed by atoms with E-state index in [1.807, 2.05) is 49.8 Å². The number of carbonyl (C=O) groups excluding carboxylic acids is 1. The van der Waals surface area contributed by atoms with E-state index in [1.54, 1.807) is 42.9 Å². The van der Waals surface area contributed by atoms with Crippen molar-refractivity contribution in [2.75, 3.05) is 59.7 Å². The van der Waals surface area contributed by atoms with E-state index in [2.05, 4.69) is 15.4 Å². The summed E-state index contributed by atoms with van der Waals surface area (Å²) in [4.78, 5) is 23.9. The van der Waals surface area contributed by atoms with Gasteiger partial charge in [0.1, 0.15) is 12.4 Å². The predicted molar refractivity (Wildman–Crippen MR) is 165 cm³/mol. The summed E-state index contributed by atoms with van der Waals surface area (Å²) in [6.45, 7) is 1.20. The van der Waals surface area contributed by atoms with E-state index < -0.39 is 5.60 Å². The number of aromatic nitrogens is 3. The fourth-order valence-electron chi connectivity index (χ4n) is 5.14. The Balaban J connectivity index is 1.65. The van der Waals surface area contributed by atoms with Gasteiger partial charge in [0, 0.05) is 50.7 Å². The van der Waals surface area contributed by atoms with E-state index in [9.17, 15) is 4.79 Å². The van der Waals surface area contributed by atoms with Gasteiger partial charge in [0.2, 0.25) is 0 Å². The third kappa shape index (κ3) is 7.12. The van der Waals surface area contributed by atoms with Gasteiger partial charge in [0.05, 0.1) is 42.3 Å². The first kappa shape index (κ1) is 31.5. The fraction of sp³-hybridized carbons (Fsp3) is 0.467. The quantitative estimate of drug-likeness (QED) is 0.120. The Hall–Kier alpha value is -3.45. The second kappa shape index (κ2) is 15.1. The zero-order chi connectivity index (χ0) is 30.0. The van der Waals surface area contributed by atoms with E-state index in [1.165, 1.54) is 0 Å². The highest BCUT2D eigenvalue weighted by atomic mass is 32.2. The summed E-state index contributed by atoms with van der Waals surface area (Å²) >= 11 is 1.55. The van der Waals surface area contributed by atoms with E-state index in [0.29, 0.717) is 57.0 Å². The Morgan fingerprint density at radius 2 is 1.88 bits per heavy atom. The van der Waals surface area contributed by atoms with Gasteiger partial charge in [0.25, 0.3) is 0 Å². The summed E-state index contributed by atoms with van der Waals surface area (Å²) in [7, 11) is 5.02. The maximum atomic E-state index is 13.2. The number of hydrogen-bond acceptors (Lipinski definition) is 11. The molecule has 3 aromatic rings. The minimum atomic E-state index is -1.03. The number of thioether (sulfide) groups is 1. The largest absolute Gasteiger partial charge is 0.461 e. The molecule has 0 amide bonds. The fourth-order valence-corrected chi connectivity index (χ4v) is 5.86. The second-order valence-electron chi connectivity index (χ2n) is 9.93. The number of nitrogen functional groups attached to an aromatic ring is 1. The standard InChI is InChI=1S/C30H40N6O5S/c1-32-18-22(19-33-23-8-6-5-7-9-23)24-20-34-36-27(31)26(42-4)25(35-28(24)36)21-10-12-30(13-11-21,41-17-15-39-3)29(37)40-16-14-38-2/h5-9,18-21,32H,10-17,31H2,1-4H3/b22-18+,33-19+. The number of esters is 1. The Bertz CT molecular complexity index is 1390. The molecule has 0 saturated heterocycles. The van der Waals surface area contributed by atoms with Gasteiger partial charge in [-0.3, -0.25) is 4.99 Å². The maximum absolute atomic E-state index is 13.2. The van der Waals surface area contributed by atoms with Gasteiger partial charge in [0.15, 0.2) is 11.2 Å². The van der Waals surface area contributed by atoms with Gasteiger partial charge in [-0.1, -0.05) is 18.2 Å². The minimum Gasteiger partial charge on any atom is -0.461 e. The van der Waals surface area contributed by atoms with Crippen LogP contribution in [0.2, 0.25) is 0 Å². The number of aliphatic imine (C=N–C) groups is 1. The average Bonchev–Trinajstić information content (AvgIpc) is 3.44. The van der Waals surface area contributed by atoms with Crippen LogP contribution in [0, 0.1) is 0 Å². The Labute approximate surface area is 250 Å². The van der Waals surface area contributed by atoms with Gasteiger partial charge in [-0.25, -0.2) is 9.78 Å². The summed E-state index contributed by atoms with van der Waals surface area (Å²) in [6.07, 6.45) is 9.76. The molecular formula is C30H40N6O5S. The molecule has 226 valence electrons. The van der Waals surface area contributed by atoms with Crippen molar-refractivity contribution in [2.45, 2.75) is 42.1 Å². The predicted octanol–water partition coefficient (Wildman–Crippen LogP) is 4.25. The number of anilines is 1. The highest BCUT2D eigenvalue weighted by molar-refractivity contribution is 7.98. The number of hydrogen-bond donors (Lipinski definition) is 2. The lowest BCUT2D eigenvalue weighted by Crippen LogP contribution is -2.46. The van der Waals surface area contributed by atoms with Crippen LogP contribution in [-0.2, 0) is 23.7 Å². The first-order chi connectivity index (χ1) is 20.5. The number of nitrogens with zero attached hydrogens (tertiary/aromatic N) is 4. The molecular weight excluding hydrogens is 556 g/mol. The van der Waals surface area contributed by atoms with Gasteiger partial charge >= 0.3 is 5.97 Å². The SMILES string of the molecule is CN/C=C(\C=N\c1ccccc1)c1cnn2c(N)c(SC)c(C3CCC(OCCOC)(C(=O)OCCOC)CC3)nc12. The number of para-hydroxylation sites is 1. The molecule has 0 spiro atoms. The zero-order valence-corrected chi connectivity index (χ0v) is 25.5. The van der Waals surface area contributed by atoms with Crippen molar-refractivity contribution in [1.82, 2.24) is 19.9 Å². The lowest BCUT2D eigenvalue weighted by Gasteiger charge is -2.38. The van der Waals surface area contributed by atoms with Crippen molar-refractivity contribution in [1.29, 1.82) is 0 Å². The van der Waals surface area contributed by atoms with Crippen LogP contribution in [0.1, 0.15) is 42.9 Å². The van der Waals surface area contributed by atoms with Gasteiger partial charge in [-0.2, -0.15) is 9.61 Å². The lowest BCUT2D eigenvalue weighted by molar-refractivity contribution is -0.181. The summed E-state index contributed by atoms with van der Waals surface area (Å²) in [5, 5.41) is 7.68. The number of nitrogens with two attached hydrogens (primary N) is 1. The van der Waals surface area contributed by atoms with Gasteiger partial charge < -0.3 is 30.0 Å². The van der Waals surface area contributed by atoms with Crippen LogP contribution in [0.15, 0.2) is 52.6 Å². The molecule has 1 saturated carbocycles. The first-order valence-electron chi connectivity index (χ1n) is 13.9. The summed E-state index contributed by atoms with van der Waals surface area (Å²) in [6, 6.07) is 9.74. The van der Waals surface area contributed by atoms with Crippen LogP contribution in [0.4, 0.5) is 11.5 Å². The third-order valence-corrected chi connectivity index (χ3v) is 8.15. The molecule has 0 aliphatic heterocycles. The highest BCUT2D eigenvalue weighted by Gasteiger charge is 2.45. The van der Waals surface area contributed by atoms with Crippen LogP contribution in [-0.4, -0.2) is 86.3 Å². The van der Waals surface area contributed by atoms with Crippen molar-refractivity contribution >= 4 is 46.7 Å². The molecule has 2 aromatic heterocycles. The molecule has 1 aromatic carbocycles. The number of methoxy groups -OCH3 is 2. The van der Waals surface area contributed by atoms with Crippen LogP contribution < -0.4 is 11.1 Å². The monoisotopic (exact) mass is 596 g/mol. The Morgan fingerprint density at radius 3 is 2.55 bits per heavy atom. The lowest BCUT2D eigenvalue weighted by atomic mass is 9.77. The molecule has 1 fully saturated rings. The number of carbonyl (C=O) groups is 1. The molecule has 1 aliphatic carbocycles. The molecule has 12 heteroatoms. The summed E-state index contributed by atoms with van der Waals surface area (Å²) in [5.41, 5.74) is 9.67. The molecule has 2 heterocycles. The summed E-state index contributed by atoms with van der Waals surface area (Å²) in [5.74, 6) is 0.243. The molecule has 0 atom stereocenters. The normalized spacial score (nSPS) is 19.4. The van der Waals surface area contributed by atoms with Crippen LogP contribution in [0.3, 0.4) is 0 Å². The molecule has 0 bridgehead atoms. The molecule has 1 aliphatic rings. The van der Waals surface area contributed by atoms with Crippen LogP contribution in [0.5, 0.6) is 0 Å². The van der Waals surface area contributed by atoms with Crippen molar-refractivity contribution < 1.29 is 23.7 Å². The Morgan fingerprint density at radius 1 is 1.17 bits per heavy atom. The third-order valence-electron chi connectivity index (χ3n) is 7.33.